The summed E-state index contributed by atoms with van der Waals surface area (Å²) in [6.07, 6.45) is 0. The van der Waals surface area contributed by atoms with E-state index in [-0.39, 0.29) is 6.61 Å². The van der Waals surface area contributed by atoms with E-state index in [0.717, 1.165) is 28.2 Å². The Kier molecular flexibility index (Phi) is 5.25. The molecule has 1 N–H and O–H groups in total. The van der Waals surface area contributed by atoms with Crippen LogP contribution in [0.5, 0.6) is 11.5 Å². The Morgan fingerprint density at radius 1 is 1.14 bits per heavy atom. The van der Waals surface area contributed by atoms with E-state index < -0.39 is 0 Å². The number of rotatable bonds is 4. The van der Waals surface area contributed by atoms with Gasteiger partial charge in [-0.25, -0.2) is 0 Å². The van der Waals surface area contributed by atoms with Gasteiger partial charge in [0.25, 0.3) is 0 Å². The minimum Gasteiger partial charge on any atom is -0.496 e. The Morgan fingerprint density at radius 2 is 2.00 bits per heavy atom. The molecule has 0 radical (unpaired) electrons. The van der Waals surface area contributed by atoms with Crippen LogP contribution in [-0.4, -0.2) is 18.8 Å². The van der Waals surface area contributed by atoms with Gasteiger partial charge in [-0.15, -0.1) is 0 Å². The molecule has 0 aromatic heterocycles. The maximum atomic E-state index is 8.75. The van der Waals surface area contributed by atoms with Gasteiger partial charge in [-0.05, 0) is 42.8 Å². The summed E-state index contributed by atoms with van der Waals surface area (Å²) in [6, 6.07) is 13.5. The maximum absolute atomic E-state index is 8.75. The molecule has 0 heterocycles. The first kappa shape index (κ1) is 15.0. The van der Waals surface area contributed by atoms with Crippen molar-refractivity contribution in [3.63, 3.8) is 0 Å². The molecule has 108 valence electrons. The lowest BCUT2D eigenvalue weighted by Gasteiger charge is -2.11. The van der Waals surface area contributed by atoms with Gasteiger partial charge in [-0.1, -0.05) is 24.0 Å². The van der Waals surface area contributed by atoms with Crippen molar-refractivity contribution in [1.29, 1.82) is 0 Å². The molecule has 0 bridgehead atoms. The molecule has 0 amide bonds. The van der Waals surface area contributed by atoms with Gasteiger partial charge in [0.1, 0.15) is 24.7 Å². The monoisotopic (exact) mass is 282 g/mol. The number of aliphatic hydroxyl groups is 1. The third-order valence-electron chi connectivity index (χ3n) is 2.98. The second-order valence-electron chi connectivity index (χ2n) is 4.59. The fraction of sp³-hybridized carbons (Fsp3) is 0.222. The van der Waals surface area contributed by atoms with Gasteiger partial charge < -0.3 is 14.6 Å². The quantitative estimate of drug-likeness (QED) is 0.876. The Balaban J connectivity index is 2.17. The zero-order chi connectivity index (χ0) is 15.1. The van der Waals surface area contributed by atoms with Crippen molar-refractivity contribution in [2.75, 3.05) is 13.7 Å². The molecule has 0 spiro atoms. The van der Waals surface area contributed by atoms with Gasteiger partial charge in [-0.2, -0.15) is 0 Å². The van der Waals surface area contributed by atoms with E-state index in [1.165, 1.54) is 0 Å². The molecular formula is C18H18O3. The number of ether oxygens (including phenoxy) is 2. The van der Waals surface area contributed by atoms with E-state index in [4.69, 9.17) is 14.6 Å². The van der Waals surface area contributed by atoms with Gasteiger partial charge >= 0.3 is 0 Å². The molecule has 3 nitrogen and oxygen atoms in total. The standard InChI is InChI=1S/C18H18O3/c1-14-5-3-7-17(11-14)21-13-16-12-15(6-4-10-19)8-9-18(16)20-2/h3,5,7-9,11-12,19H,10,13H2,1-2H3. The number of aryl methyl sites for hydroxylation is 1. The molecule has 0 atom stereocenters. The van der Waals surface area contributed by atoms with Crippen molar-refractivity contribution in [3.8, 4) is 23.3 Å². The highest BCUT2D eigenvalue weighted by Crippen LogP contribution is 2.22. The molecule has 0 aliphatic rings. The molecule has 21 heavy (non-hydrogen) atoms. The van der Waals surface area contributed by atoms with Crippen LogP contribution in [0.4, 0.5) is 0 Å². The molecule has 0 saturated heterocycles. The zero-order valence-corrected chi connectivity index (χ0v) is 12.2. The Morgan fingerprint density at radius 3 is 2.71 bits per heavy atom. The molecular weight excluding hydrogens is 264 g/mol. The fourth-order valence-corrected chi connectivity index (χ4v) is 1.98. The van der Waals surface area contributed by atoms with Crippen LogP contribution in [0.2, 0.25) is 0 Å². The molecule has 0 unspecified atom stereocenters. The van der Waals surface area contributed by atoms with E-state index in [2.05, 4.69) is 11.8 Å². The average Bonchev–Trinajstić information content (AvgIpc) is 2.51. The van der Waals surface area contributed by atoms with Crippen molar-refractivity contribution >= 4 is 0 Å². The molecule has 2 aromatic carbocycles. The van der Waals surface area contributed by atoms with Crippen LogP contribution in [0.15, 0.2) is 42.5 Å². The van der Waals surface area contributed by atoms with Crippen LogP contribution >= 0.6 is 0 Å². The Hall–Kier alpha value is -2.44. The third kappa shape index (κ3) is 4.27. The lowest BCUT2D eigenvalue weighted by Crippen LogP contribution is -1.99. The van der Waals surface area contributed by atoms with Crippen molar-refractivity contribution < 1.29 is 14.6 Å². The Bertz CT molecular complexity index is 666. The number of benzene rings is 2. The topological polar surface area (TPSA) is 38.7 Å². The van der Waals surface area contributed by atoms with Gasteiger partial charge in [0.05, 0.1) is 7.11 Å². The van der Waals surface area contributed by atoms with Gasteiger partial charge in [0.2, 0.25) is 0 Å². The maximum Gasteiger partial charge on any atom is 0.125 e. The molecule has 3 heteroatoms. The predicted molar refractivity (Wildman–Crippen MR) is 82.5 cm³/mol. The first-order chi connectivity index (χ1) is 10.2. The molecule has 0 saturated carbocycles. The fourth-order valence-electron chi connectivity index (χ4n) is 1.98. The first-order valence-corrected chi connectivity index (χ1v) is 6.69. The Labute approximate surface area is 125 Å². The SMILES string of the molecule is COc1ccc(C#CCO)cc1COc1cccc(C)c1. The van der Waals surface area contributed by atoms with Crippen LogP contribution in [0, 0.1) is 18.8 Å². The van der Waals surface area contributed by atoms with Crippen molar-refractivity contribution in [2.45, 2.75) is 13.5 Å². The van der Waals surface area contributed by atoms with E-state index >= 15 is 0 Å². The summed E-state index contributed by atoms with van der Waals surface area (Å²) in [5, 5.41) is 8.75. The van der Waals surface area contributed by atoms with Crippen LogP contribution in [0.3, 0.4) is 0 Å². The lowest BCUT2D eigenvalue weighted by atomic mass is 10.1. The smallest absolute Gasteiger partial charge is 0.125 e. The number of methoxy groups -OCH3 is 1. The summed E-state index contributed by atoms with van der Waals surface area (Å²) in [4.78, 5) is 0. The van der Waals surface area contributed by atoms with Crippen LogP contribution < -0.4 is 9.47 Å². The molecule has 0 aliphatic carbocycles. The highest BCUT2D eigenvalue weighted by molar-refractivity contribution is 5.44. The van der Waals surface area contributed by atoms with E-state index in [1.54, 1.807) is 7.11 Å². The van der Waals surface area contributed by atoms with Gasteiger partial charge in [0.15, 0.2) is 0 Å². The van der Waals surface area contributed by atoms with Crippen LogP contribution in [0.25, 0.3) is 0 Å². The summed E-state index contributed by atoms with van der Waals surface area (Å²) in [6.45, 7) is 2.28. The highest BCUT2D eigenvalue weighted by Gasteiger charge is 2.05. The summed E-state index contributed by atoms with van der Waals surface area (Å²) >= 11 is 0. The van der Waals surface area contributed by atoms with Gasteiger partial charge in [-0.3, -0.25) is 0 Å². The lowest BCUT2D eigenvalue weighted by molar-refractivity contribution is 0.296. The molecule has 2 aromatic rings. The third-order valence-corrected chi connectivity index (χ3v) is 2.98. The summed E-state index contributed by atoms with van der Waals surface area (Å²) in [5.41, 5.74) is 2.90. The van der Waals surface area contributed by atoms with Gasteiger partial charge in [0, 0.05) is 11.1 Å². The van der Waals surface area contributed by atoms with E-state index in [9.17, 15) is 0 Å². The highest BCUT2D eigenvalue weighted by atomic mass is 16.5. The largest absolute Gasteiger partial charge is 0.496 e. The molecule has 2 rings (SSSR count). The molecule has 0 fully saturated rings. The predicted octanol–water partition coefficient (Wildman–Crippen LogP) is 2.93. The summed E-state index contributed by atoms with van der Waals surface area (Å²) < 4.78 is 11.1. The average molecular weight is 282 g/mol. The zero-order valence-electron chi connectivity index (χ0n) is 12.2. The van der Waals surface area contributed by atoms with Crippen molar-refractivity contribution in [2.24, 2.45) is 0 Å². The van der Waals surface area contributed by atoms with Crippen molar-refractivity contribution in [3.05, 3.63) is 59.2 Å². The van der Waals surface area contributed by atoms with Crippen molar-refractivity contribution in [1.82, 2.24) is 0 Å². The number of hydrogen-bond donors (Lipinski definition) is 1. The minimum atomic E-state index is -0.152. The summed E-state index contributed by atoms with van der Waals surface area (Å²) in [7, 11) is 1.63. The normalized spacial score (nSPS) is 9.67. The van der Waals surface area contributed by atoms with E-state index in [0.29, 0.717) is 6.61 Å². The second kappa shape index (κ2) is 7.37. The van der Waals surface area contributed by atoms with Crippen LogP contribution in [0.1, 0.15) is 16.7 Å². The molecule has 0 aliphatic heterocycles. The first-order valence-electron chi connectivity index (χ1n) is 6.69. The van der Waals surface area contributed by atoms with E-state index in [1.807, 2.05) is 49.4 Å². The van der Waals surface area contributed by atoms with Crippen LogP contribution in [-0.2, 0) is 6.61 Å². The number of hydrogen-bond acceptors (Lipinski definition) is 3. The minimum absolute atomic E-state index is 0.152. The summed E-state index contributed by atoms with van der Waals surface area (Å²) in [5.74, 6) is 7.10. The second-order valence-corrected chi connectivity index (χ2v) is 4.59. The number of aliphatic hydroxyl groups excluding tert-OH is 1.